The average Bonchev–Trinajstić information content (AvgIpc) is 3.48. The number of benzene rings is 3. The number of H-pyrrole nitrogens is 1. The lowest BCUT2D eigenvalue weighted by Crippen LogP contribution is -2.56. The minimum absolute atomic E-state index is 0.0405. The summed E-state index contributed by atoms with van der Waals surface area (Å²) in [4.78, 5) is 67.5. The van der Waals surface area contributed by atoms with Crippen LogP contribution in [0.25, 0.3) is 10.9 Å². The average molecular weight is 684 g/mol. The van der Waals surface area contributed by atoms with Crippen LogP contribution in [-0.2, 0) is 43.2 Å². The first-order chi connectivity index (χ1) is 23.9. The van der Waals surface area contributed by atoms with Crippen molar-refractivity contribution < 1.29 is 33.8 Å². The predicted octanol–water partition coefficient (Wildman–Crippen LogP) is 4.04. The molecule has 0 unspecified atom stereocenters. The quantitative estimate of drug-likeness (QED) is 0.103. The van der Waals surface area contributed by atoms with Crippen LogP contribution in [0.1, 0.15) is 50.3 Å². The summed E-state index contributed by atoms with van der Waals surface area (Å²) >= 11 is 0. The zero-order chi connectivity index (χ0) is 36.1. The second kappa shape index (κ2) is 17.7. The number of carbonyl (C=O) groups excluding carboxylic acids is 4. The lowest BCUT2D eigenvalue weighted by atomic mass is 10.0. The van der Waals surface area contributed by atoms with Crippen LogP contribution >= 0.6 is 0 Å². The molecule has 0 fully saturated rings. The highest BCUT2D eigenvalue weighted by atomic mass is 16.6. The van der Waals surface area contributed by atoms with Crippen LogP contribution in [0.2, 0.25) is 0 Å². The normalized spacial score (nSPS) is 13.0. The van der Waals surface area contributed by atoms with Crippen LogP contribution in [-0.4, -0.2) is 70.1 Å². The molecule has 50 heavy (non-hydrogen) atoms. The van der Waals surface area contributed by atoms with Gasteiger partial charge in [-0.25, -0.2) is 4.79 Å². The van der Waals surface area contributed by atoms with Crippen LogP contribution in [0.5, 0.6) is 0 Å². The zero-order valence-corrected chi connectivity index (χ0v) is 28.5. The molecule has 1 heterocycles. The summed E-state index contributed by atoms with van der Waals surface area (Å²) in [6.07, 6.45) is 1.07. The van der Waals surface area contributed by atoms with Gasteiger partial charge in [-0.05, 0) is 49.9 Å². The number of alkyl carbamates (subject to hydrolysis) is 1. The number of fused-ring (bicyclic) bond motifs is 1. The van der Waals surface area contributed by atoms with Crippen LogP contribution in [0, 0.1) is 0 Å². The first kappa shape index (κ1) is 37.2. The molecule has 4 amide bonds. The number of ether oxygens (including phenoxy) is 1. The third-order valence-electron chi connectivity index (χ3n) is 7.80. The molecule has 4 rings (SSSR count). The lowest BCUT2D eigenvalue weighted by molar-refractivity contribution is -0.139. The van der Waals surface area contributed by atoms with E-state index in [1.54, 1.807) is 27.0 Å². The van der Waals surface area contributed by atoms with Crippen molar-refractivity contribution in [2.75, 3.05) is 6.54 Å². The van der Waals surface area contributed by atoms with E-state index in [1.165, 1.54) is 0 Å². The van der Waals surface area contributed by atoms with E-state index in [2.05, 4.69) is 26.3 Å². The molecular weight excluding hydrogens is 638 g/mol. The van der Waals surface area contributed by atoms with E-state index in [0.29, 0.717) is 6.42 Å². The maximum Gasteiger partial charge on any atom is 0.407 e. The summed E-state index contributed by atoms with van der Waals surface area (Å²) in [7, 11) is 0. The minimum Gasteiger partial charge on any atom is -0.481 e. The molecule has 3 atom stereocenters. The van der Waals surface area contributed by atoms with E-state index in [9.17, 15) is 24.0 Å². The van der Waals surface area contributed by atoms with Crippen molar-refractivity contribution in [2.24, 2.45) is 0 Å². The fourth-order valence-electron chi connectivity index (χ4n) is 5.44. The van der Waals surface area contributed by atoms with Gasteiger partial charge in [-0.2, -0.15) is 0 Å². The summed E-state index contributed by atoms with van der Waals surface area (Å²) in [5, 5.41) is 21.2. The molecule has 0 spiro atoms. The molecular formula is C38H45N5O7. The third-order valence-corrected chi connectivity index (χ3v) is 7.80. The fraction of sp³-hybridized carbons (Fsp3) is 0.342. The second-order valence-corrected chi connectivity index (χ2v) is 13.1. The van der Waals surface area contributed by atoms with E-state index >= 15 is 0 Å². The molecule has 0 bridgehead atoms. The molecule has 0 radical (unpaired) electrons. The Balaban J connectivity index is 1.54. The monoisotopic (exact) mass is 683 g/mol. The van der Waals surface area contributed by atoms with Gasteiger partial charge in [0.05, 0.1) is 12.5 Å². The number of amides is 4. The van der Waals surface area contributed by atoms with Crippen molar-refractivity contribution in [3.63, 3.8) is 0 Å². The van der Waals surface area contributed by atoms with Crippen LogP contribution < -0.4 is 21.3 Å². The summed E-state index contributed by atoms with van der Waals surface area (Å²) in [5.41, 5.74) is 2.63. The first-order valence-corrected chi connectivity index (χ1v) is 16.6. The minimum atomic E-state index is -1.14. The Morgan fingerprint density at radius 1 is 0.720 bits per heavy atom. The highest BCUT2D eigenvalue weighted by Gasteiger charge is 2.29. The number of aromatic amines is 1. The van der Waals surface area contributed by atoms with E-state index in [4.69, 9.17) is 9.84 Å². The van der Waals surface area contributed by atoms with Gasteiger partial charge < -0.3 is 36.1 Å². The van der Waals surface area contributed by atoms with Gasteiger partial charge in [-0.3, -0.25) is 19.2 Å². The number of hydrogen-bond acceptors (Lipinski definition) is 6. The van der Waals surface area contributed by atoms with Gasteiger partial charge in [-0.1, -0.05) is 78.9 Å². The number of rotatable bonds is 16. The van der Waals surface area contributed by atoms with E-state index in [1.807, 2.05) is 84.9 Å². The number of carboxylic acids is 1. The Hall–Kier alpha value is -5.65. The largest absolute Gasteiger partial charge is 0.481 e. The van der Waals surface area contributed by atoms with Gasteiger partial charge in [0.2, 0.25) is 17.7 Å². The Morgan fingerprint density at radius 2 is 1.32 bits per heavy atom. The Morgan fingerprint density at radius 3 is 1.96 bits per heavy atom. The topological polar surface area (TPSA) is 179 Å². The van der Waals surface area contributed by atoms with Gasteiger partial charge in [0.1, 0.15) is 17.7 Å². The molecule has 0 saturated heterocycles. The van der Waals surface area contributed by atoms with E-state index in [-0.39, 0.29) is 25.8 Å². The van der Waals surface area contributed by atoms with Crippen molar-refractivity contribution >= 4 is 40.7 Å². The van der Waals surface area contributed by atoms with Crippen molar-refractivity contribution in [1.82, 2.24) is 26.3 Å². The number of aromatic nitrogens is 1. The van der Waals surface area contributed by atoms with E-state index < -0.39 is 59.9 Å². The molecule has 12 heteroatoms. The van der Waals surface area contributed by atoms with Crippen LogP contribution in [0.15, 0.2) is 91.1 Å². The molecule has 4 aromatic rings. The van der Waals surface area contributed by atoms with E-state index in [0.717, 1.165) is 27.6 Å². The number of para-hydroxylation sites is 1. The molecule has 0 aliphatic rings. The van der Waals surface area contributed by atoms with Gasteiger partial charge in [0.25, 0.3) is 0 Å². The molecule has 6 N–H and O–H groups in total. The van der Waals surface area contributed by atoms with Gasteiger partial charge in [0.15, 0.2) is 0 Å². The zero-order valence-electron chi connectivity index (χ0n) is 28.5. The third kappa shape index (κ3) is 12.1. The van der Waals surface area contributed by atoms with Gasteiger partial charge in [-0.15, -0.1) is 0 Å². The first-order valence-electron chi connectivity index (χ1n) is 16.6. The Kier molecular flexibility index (Phi) is 13.1. The van der Waals surface area contributed by atoms with Crippen LogP contribution in [0.4, 0.5) is 4.79 Å². The number of carbonyl (C=O) groups is 5. The van der Waals surface area contributed by atoms with Gasteiger partial charge in [0, 0.05) is 42.9 Å². The fourth-order valence-corrected chi connectivity index (χ4v) is 5.44. The number of nitrogens with one attached hydrogen (secondary N) is 5. The summed E-state index contributed by atoms with van der Waals surface area (Å²) in [6, 6.07) is 23.5. The Bertz CT molecular complexity index is 1750. The highest BCUT2D eigenvalue weighted by Crippen LogP contribution is 2.19. The van der Waals surface area contributed by atoms with Crippen molar-refractivity contribution in [3.8, 4) is 0 Å². The molecule has 0 aliphatic carbocycles. The number of carboxylic acid groups (broad SMARTS) is 1. The van der Waals surface area contributed by atoms with Crippen molar-refractivity contribution in [1.29, 1.82) is 0 Å². The summed E-state index contributed by atoms with van der Waals surface area (Å²) in [6.45, 7) is 5.33. The smallest absolute Gasteiger partial charge is 0.407 e. The van der Waals surface area contributed by atoms with Crippen molar-refractivity contribution in [2.45, 2.75) is 76.6 Å². The second-order valence-electron chi connectivity index (χ2n) is 13.1. The maximum atomic E-state index is 13.9. The molecule has 0 saturated carbocycles. The number of aliphatic carboxylic acids is 1. The van der Waals surface area contributed by atoms with Crippen molar-refractivity contribution in [3.05, 3.63) is 108 Å². The standard InChI is InChI=1S/C38H45N5O7/c1-38(2,3)50-37(49)41-28(20-25-12-6-4-7-13-25)24-40-35(47)31(21-26-14-8-5-9-15-26)43-36(48)32(42-33(44)18-19-34(45)46)22-27-23-39-30-17-11-10-16-29(27)30/h4-17,23,28,31-32,39H,18-22,24H2,1-3H3,(H,40,47)(H,41,49)(H,42,44)(H,43,48)(H,45,46)/t28-,31-,32-/m0/s1. The number of hydrogen-bond donors (Lipinski definition) is 6. The molecule has 3 aromatic carbocycles. The SMILES string of the molecule is CC(C)(C)OC(=O)N[C@H](CNC(=O)[C@H](Cc1ccccc1)NC(=O)[C@H](Cc1c[nH]c2ccccc12)NC(=O)CCC(=O)O)Cc1ccccc1. The molecule has 1 aromatic heterocycles. The lowest BCUT2D eigenvalue weighted by Gasteiger charge is -2.26. The summed E-state index contributed by atoms with van der Waals surface area (Å²) < 4.78 is 5.46. The predicted molar refractivity (Wildman–Crippen MR) is 189 cm³/mol. The van der Waals surface area contributed by atoms with Crippen LogP contribution in [0.3, 0.4) is 0 Å². The molecule has 0 aliphatic heterocycles. The molecule has 12 nitrogen and oxygen atoms in total. The maximum absolute atomic E-state index is 13.9. The molecule has 264 valence electrons. The summed E-state index contributed by atoms with van der Waals surface area (Å²) in [5.74, 6) is -2.84. The Labute approximate surface area is 291 Å². The van der Waals surface area contributed by atoms with Gasteiger partial charge >= 0.3 is 12.1 Å². The highest BCUT2D eigenvalue weighted by molar-refractivity contribution is 5.93.